The molecule has 1 saturated carbocycles. The molecule has 98 valence electrons. The SMILES string of the molecule is COc1ccc(-c2ccc(CNC3CC3)cc2)cn1. The molecule has 0 amide bonds. The Morgan fingerprint density at radius 2 is 1.84 bits per heavy atom. The van der Waals surface area contributed by atoms with Crippen molar-refractivity contribution in [2.24, 2.45) is 0 Å². The van der Waals surface area contributed by atoms with Crippen LogP contribution >= 0.6 is 0 Å². The molecule has 1 aromatic heterocycles. The first-order chi connectivity index (χ1) is 9.35. The molecule has 19 heavy (non-hydrogen) atoms. The first-order valence-electron chi connectivity index (χ1n) is 6.68. The summed E-state index contributed by atoms with van der Waals surface area (Å²) in [5.74, 6) is 0.647. The fourth-order valence-electron chi connectivity index (χ4n) is 2.04. The largest absolute Gasteiger partial charge is 0.481 e. The molecule has 2 aromatic rings. The van der Waals surface area contributed by atoms with Crippen LogP contribution in [0.3, 0.4) is 0 Å². The first kappa shape index (κ1) is 12.2. The normalized spacial score (nSPS) is 14.4. The molecule has 3 nitrogen and oxygen atoms in total. The van der Waals surface area contributed by atoms with Crippen LogP contribution in [0.25, 0.3) is 11.1 Å². The Hall–Kier alpha value is -1.87. The molecule has 1 aromatic carbocycles. The van der Waals surface area contributed by atoms with Crippen LogP contribution in [0.15, 0.2) is 42.6 Å². The van der Waals surface area contributed by atoms with E-state index in [1.54, 1.807) is 7.11 Å². The van der Waals surface area contributed by atoms with Crippen molar-refractivity contribution in [2.75, 3.05) is 7.11 Å². The van der Waals surface area contributed by atoms with Gasteiger partial charge in [-0.1, -0.05) is 24.3 Å². The zero-order valence-electron chi connectivity index (χ0n) is 11.1. The highest BCUT2D eigenvalue weighted by Gasteiger charge is 2.19. The molecule has 1 aliphatic rings. The number of methoxy groups -OCH3 is 1. The van der Waals surface area contributed by atoms with Crippen LogP contribution in [0.2, 0.25) is 0 Å². The molecular formula is C16H18N2O. The van der Waals surface area contributed by atoms with E-state index >= 15 is 0 Å². The summed E-state index contributed by atoms with van der Waals surface area (Å²) < 4.78 is 5.07. The van der Waals surface area contributed by atoms with E-state index in [9.17, 15) is 0 Å². The van der Waals surface area contributed by atoms with E-state index in [0.29, 0.717) is 5.88 Å². The van der Waals surface area contributed by atoms with Crippen LogP contribution in [-0.4, -0.2) is 18.1 Å². The van der Waals surface area contributed by atoms with E-state index in [1.807, 2.05) is 18.3 Å². The monoisotopic (exact) mass is 254 g/mol. The molecule has 1 N–H and O–H groups in total. The van der Waals surface area contributed by atoms with E-state index in [2.05, 4.69) is 34.6 Å². The van der Waals surface area contributed by atoms with Gasteiger partial charge in [0, 0.05) is 30.4 Å². The van der Waals surface area contributed by atoms with Crippen molar-refractivity contribution in [3.8, 4) is 17.0 Å². The summed E-state index contributed by atoms with van der Waals surface area (Å²) in [6, 6.07) is 13.3. The van der Waals surface area contributed by atoms with Crippen LogP contribution in [0.4, 0.5) is 0 Å². The molecule has 0 aliphatic heterocycles. The minimum atomic E-state index is 0.647. The van der Waals surface area contributed by atoms with Crippen molar-refractivity contribution in [2.45, 2.75) is 25.4 Å². The molecule has 0 radical (unpaired) electrons. The van der Waals surface area contributed by atoms with Crippen molar-refractivity contribution < 1.29 is 4.74 Å². The Labute approximate surface area is 113 Å². The number of hydrogen-bond donors (Lipinski definition) is 1. The van der Waals surface area contributed by atoms with Gasteiger partial charge >= 0.3 is 0 Å². The molecule has 0 unspecified atom stereocenters. The highest BCUT2D eigenvalue weighted by molar-refractivity contribution is 5.62. The second-order valence-corrected chi connectivity index (χ2v) is 4.94. The van der Waals surface area contributed by atoms with Gasteiger partial charge in [0.15, 0.2) is 0 Å². The lowest BCUT2D eigenvalue weighted by atomic mass is 10.1. The number of nitrogens with one attached hydrogen (secondary N) is 1. The fraction of sp³-hybridized carbons (Fsp3) is 0.312. The summed E-state index contributed by atoms with van der Waals surface area (Å²) >= 11 is 0. The van der Waals surface area contributed by atoms with Crippen molar-refractivity contribution in [3.63, 3.8) is 0 Å². The zero-order chi connectivity index (χ0) is 13.1. The number of ether oxygens (including phenoxy) is 1. The lowest BCUT2D eigenvalue weighted by Gasteiger charge is -2.06. The van der Waals surface area contributed by atoms with Crippen molar-refractivity contribution >= 4 is 0 Å². The summed E-state index contributed by atoms with van der Waals surface area (Å²) in [4.78, 5) is 4.23. The minimum Gasteiger partial charge on any atom is -0.481 e. The third-order valence-corrected chi connectivity index (χ3v) is 3.40. The summed E-state index contributed by atoms with van der Waals surface area (Å²) in [7, 11) is 1.63. The number of aromatic nitrogens is 1. The van der Waals surface area contributed by atoms with Gasteiger partial charge in [0.25, 0.3) is 0 Å². The molecule has 0 bridgehead atoms. The minimum absolute atomic E-state index is 0.647. The third-order valence-electron chi connectivity index (χ3n) is 3.40. The Balaban J connectivity index is 1.69. The molecule has 0 spiro atoms. The molecule has 1 aliphatic carbocycles. The fourth-order valence-corrected chi connectivity index (χ4v) is 2.04. The van der Waals surface area contributed by atoms with Gasteiger partial charge in [-0.2, -0.15) is 0 Å². The van der Waals surface area contributed by atoms with Crippen molar-refractivity contribution in [1.82, 2.24) is 10.3 Å². The van der Waals surface area contributed by atoms with Crippen LogP contribution in [0.5, 0.6) is 5.88 Å². The molecule has 1 heterocycles. The Morgan fingerprint density at radius 3 is 2.42 bits per heavy atom. The Bertz CT molecular complexity index is 530. The van der Waals surface area contributed by atoms with Crippen LogP contribution < -0.4 is 10.1 Å². The number of benzene rings is 1. The van der Waals surface area contributed by atoms with Crippen LogP contribution in [-0.2, 0) is 6.54 Å². The Kier molecular flexibility index (Phi) is 3.47. The van der Waals surface area contributed by atoms with Crippen LogP contribution in [0.1, 0.15) is 18.4 Å². The van der Waals surface area contributed by atoms with Gasteiger partial charge in [0.2, 0.25) is 5.88 Å². The van der Waals surface area contributed by atoms with Gasteiger partial charge < -0.3 is 10.1 Å². The molecule has 3 heteroatoms. The van der Waals surface area contributed by atoms with E-state index in [1.165, 1.54) is 24.0 Å². The maximum atomic E-state index is 5.07. The van der Waals surface area contributed by atoms with E-state index in [0.717, 1.165) is 18.2 Å². The summed E-state index contributed by atoms with van der Waals surface area (Å²) in [5, 5.41) is 3.52. The molecule has 0 atom stereocenters. The van der Waals surface area contributed by atoms with Gasteiger partial charge in [-0.3, -0.25) is 0 Å². The number of pyridine rings is 1. The lowest BCUT2D eigenvalue weighted by molar-refractivity contribution is 0.398. The summed E-state index contributed by atoms with van der Waals surface area (Å²) in [5.41, 5.74) is 3.63. The second kappa shape index (κ2) is 5.41. The van der Waals surface area contributed by atoms with E-state index < -0.39 is 0 Å². The molecular weight excluding hydrogens is 236 g/mol. The molecule has 1 fully saturated rings. The second-order valence-electron chi connectivity index (χ2n) is 4.94. The standard InChI is InChI=1S/C16H18N2O/c1-19-16-9-6-14(11-18-16)13-4-2-12(3-5-13)10-17-15-7-8-15/h2-6,9,11,15,17H,7-8,10H2,1H3. The van der Waals surface area contributed by atoms with Gasteiger partial charge in [-0.15, -0.1) is 0 Å². The highest BCUT2D eigenvalue weighted by atomic mass is 16.5. The molecule has 0 saturated heterocycles. The number of rotatable bonds is 5. The van der Waals surface area contributed by atoms with Crippen LogP contribution in [0, 0.1) is 0 Å². The predicted molar refractivity (Wildman–Crippen MR) is 76.1 cm³/mol. The topological polar surface area (TPSA) is 34.1 Å². The maximum Gasteiger partial charge on any atom is 0.212 e. The Morgan fingerprint density at radius 1 is 1.11 bits per heavy atom. The average molecular weight is 254 g/mol. The molecule has 3 rings (SSSR count). The number of nitrogens with zero attached hydrogens (tertiary/aromatic N) is 1. The first-order valence-corrected chi connectivity index (χ1v) is 6.68. The van der Waals surface area contributed by atoms with Gasteiger partial charge in [-0.05, 0) is 30.0 Å². The highest BCUT2D eigenvalue weighted by Crippen LogP contribution is 2.22. The lowest BCUT2D eigenvalue weighted by Crippen LogP contribution is -2.14. The predicted octanol–water partition coefficient (Wildman–Crippen LogP) is 3.01. The smallest absolute Gasteiger partial charge is 0.212 e. The maximum absolute atomic E-state index is 5.07. The third kappa shape index (κ3) is 3.12. The summed E-state index contributed by atoms with van der Waals surface area (Å²) in [6.45, 7) is 0.964. The zero-order valence-corrected chi connectivity index (χ0v) is 11.1. The van der Waals surface area contributed by atoms with Crippen molar-refractivity contribution in [3.05, 3.63) is 48.2 Å². The van der Waals surface area contributed by atoms with Gasteiger partial charge in [0.05, 0.1) is 7.11 Å². The summed E-state index contributed by atoms with van der Waals surface area (Å²) in [6.07, 6.45) is 4.50. The average Bonchev–Trinajstić information content (AvgIpc) is 3.30. The number of hydrogen-bond acceptors (Lipinski definition) is 3. The van der Waals surface area contributed by atoms with E-state index in [-0.39, 0.29) is 0 Å². The van der Waals surface area contributed by atoms with Crippen molar-refractivity contribution in [1.29, 1.82) is 0 Å². The van der Waals surface area contributed by atoms with E-state index in [4.69, 9.17) is 4.74 Å². The quantitative estimate of drug-likeness (QED) is 0.890. The van der Waals surface area contributed by atoms with Gasteiger partial charge in [0.1, 0.15) is 0 Å². The van der Waals surface area contributed by atoms with Gasteiger partial charge in [-0.25, -0.2) is 4.98 Å².